The monoisotopic (exact) mass is 345 g/mol. The van der Waals surface area contributed by atoms with Gasteiger partial charge in [-0.1, -0.05) is 39.1 Å². The van der Waals surface area contributed by atoms with Crippen molar-refractivity contribution in [2.75, 3.05) is 5.73 Å². The first-order chi connectivity index (χ1) is 8.56. The van der Waals surface area contributed by atoms with E-state index in [1.807, 2.05) is 6.07 Å². The first kappa shape index (κ1) is 13.5. The van der Waals surface area contributed by atoms with Crippen molar-refractivity contribution >= 4 is 44.8 Å². The Balaban J connectivity index is 2.13. The molecule has 5 heteroatoms. The Morgan fingerprint density at radius 3 is 2.56 bits per heavy atom. The van der Waals surface area contributed by atoms with Crippen molar-refractivity contribution in [3.63, 3.8) is 0 Å². The first-order valence-electron chi connectivity index (χ1n) is 5.18. The number of benzene rings is 2. The molecule has 0 saturated heterocycles. The van der Waals surface area contributed by atoms with Gasteiger partial charge in [0.2, 0.25) is 0 Å². The van der Waals surface area contributed by atoms with Crippen molar-refractivity contribution in [3.8, 4) is 5.75 Å². The van der Waals surface area contributed by atoms with Crippen LogP contribution in [0.1, 0.15) is 5.56 Å². The Morgan fingerprint density at radius 1 is 1.06 bits per heavy atom. The molecule has 2 aromatic carbocycles. The molecule has 0 unspecified atom stereocenters. The lowest BCUT2D eigenvalue weighted by atomic mass is 10.2. The fourth-order valence-corrected chi connectivity index (χ4v) is 2.35. The standard InChI is InChI=1S/C13H10BrCl2NO/c14-9-1-4-13(12(16)6-9)18-7-8-5-10(17)2-3-11(8)15/h1-6H,7,17H2. The van der Waals surface area contributed by atoms with Gasteiger partial charge in [-0.15, -0.1) is 0 Å². The number of halogens is 3. The lowest BCUT2D eigenvalue weighted by Crippen LogP contribution is -1.98. The summed E-state index contributed by atoms with van der Waals surface area (Å²) in [5.41, 5.74) is 7.18. The van der Waals surface area contributed by atoms with Crippen LogP contribution in [-0.2, 0) is 6.61 Å². The van der Waals surface area contributed by atoms with Gasteiger partial charge in [0.1, 0.15) is 12.4 Å². The Hall–Kier alpha value is -0.900. The van der Waals surface area contributed by atoms with E-state index in [1.165, 1.54) is 0 Å². The van der Waals surface area contributed by atoms with Crippen LogP contribution in [0.3, 0.4) is 0 Å². The van der Waals surface area contributed by atoms with E-state index in [1.54, 1.807) is 30.3 Å². The third-order valence-electron chi connectivity index (χ3n) is 2.35. The lowest BCUT2D eigenvalue weighted by molar-refractivity contribution is 0.306. The summed E-state index contributed by atoms with van der Waals surface area (Å²) in [6.07, 6.45) is 0. The second kappa shape index (κ2) is 5.83. The number of nitrogens with two attached hydrogens (primary N) is 1. The molecule has 94 valence electrons. The lowest BCUT2D eigenvalue weighted by Gasteiger charge is -2.10. The molecular weight excluding hydrogens is 337 g/mol. The van der Waals surface area contributed by atoms with Crippen LogP contribution < -0.4 is 10.5 Å². The minimum absolute atomic E-state index is 0.325. The number of rotatable bonds is 3. The van der Waals surface area contributed by atoms with Gasteiger partial charge in [0.05, 0.1) is 5.02 Å². The summed E-state index contributed by atoms with van der Waals surface area (Å²) < 4.78 is 6.53. The van der Waals surface area contributed by atoms with Gasteiger partial charge in [0.15, 0.2) is 0 Å². The summed E-state index contributed by atoms with van der Waals surface area (Å²) in [6, 6.07) is 10.7. The maximum atomic E-state index is 6.05. The van der Waals surface area contributed by atoms with Crippen molar-refractivity contribution in [2.45, 2.75) is 6.61 Å². The van der Waals surface area contributed by atoms with Gasteiger partial charge in [-0.3, -0.25) is 0 Å². The number of ether oxygens (including phenoxy) is 1. The van der Waals surface area contributed by atoms with Crippen molar-refractivity contribution in [3.05, 3.63) is 56.5 Å². The molecule has 2 N–H and O–H groups in total. The Kier molecular flexibility index (Phi) is 4.38. The molecule has 0 aliphatic heterocycles. The zero-order valence-corrected chi connectivity index (χ0v) is 12.4. The van der Waals surface area contributed by atoms with Crippen LogP contribution in [-0.4, -0.2) is 0 Å². The third-order valence-corrected chi connectivity index (χ3v) is 3.50. The average Bonchev–Trinajstić information content (AvgIpc) is 2.32. The highest BCUT2D eigenvalue weighted by Gasteiger charge is 2.05. The molecule has 2 nitrogen and oxygen atoms in total. The summed E-state index contributed by atoms with van der Waals surface area (Å²) in [7, 11) is 0. The maximum Gasteiger partial charge on any atom is 0.138 e. The predicted molar refractivity (Wildman–Crippen MR) is 79.3 cm³/mol. The number of hydrogen-bond acceptors (Lipinski definition) is 2. The van der Waals surface area contributed by atoms with Crippen molar-refractivity contribution < 1.29 is 4.74 Å². The van der Waals surface area contributed by atoms with Crippen LogP contribution in [0.4, 0.5) is 5.69 Å². The van der Waals surface area contributed by atoms with Gasteiger partial charge in [-0.2, -0.15) is 0 Å². The van der Waals surface area contributed by atoms with Crippen LogP contribution >= 0.6 is 39.1 Å². The predicted octanol–water partition coefficient (Wildman–Crippen LogP) is 4.92. The number of hydrogen-bond donors (Lipinski definition) is 1. The van der Waals surface area contributed by atoms with E-state index >= 15 is 0 Å². The van der Waals surface area contributed by atoms with Gasteiger partial charge in [0.25, 0.3) is 0 Å². The van der Waals surface area contributed by atoms with Crippen LogP contribution in [0.25, 0.3) is 0 Å². The second-order valence-electron chi connectivity index (χ2n) is 3.71. The summed E-state index contributed by atoms with van der Waals surface area (Å²) in [4.78, 5) is 0. The molecule has 0 fully saturated rings. The van der Waals surface area contributed by atoms with E-state index in [9.17, 15) is 0 Å². The normalized spacial score (nSPS) is 10.4. The van der Waals surface area contributed by atoms with Crippen molar-refractivity contribution in [2.24, 2.45) is 0 Å². The fourth-order valence-electron chi connectivity index (χ4n) is 1.45. The summed E-state index contributed by atoms with van der Waals surface area (Å²) in [5, 5.41) is 1.17. The van der Waals surface area contributed by atoms with E-state index in [2.05, 4.69) is 15.9 Å². The molecule has 0 radical (unpaired) electrons. The van der Waals surface area contributed by atoms with Crippen LogP contribution in [0.2, 0.25) is 10.0 Å². The quantitative estimate of drug-likeness (QED) is 0.801. The van der Waals surface area contributed by atoms with Gasteiger partial charge >= 0.3 is 0 Å². The first-order valence-corrected chi connectivity index (χ1v) is 6.73. The molecule has 0 saturated carbocycles. The second-order valence-corrected chi connectivity index (χ2v) is 5.44. The molecule has 0 heterocycles. The molecule has 18 heavy (non-hydrogen) atoms. The molecular formula is C13H10BrCl2NO. The molecule has 0 spiro atoms. The number of nitrogen functional groups attached to an aromatic ring is 1. The third kappa shape index (κ3) is 3.31. The minimum atomic E-state index is 0.325. The minimum Gasteiger partial charge on any atom is -0.487 e. The maximum absolute atomic E-state index is 6.05. The molecule has 0 aliphatic carbocycles. The van der Waals surface area contributed by atoms with E-state index in [-0.39, 0.29) is 0 Å². The molecule has 2 aromatic rings. The highest BCUT2D eigenvalue weighted by molar-refractivity contribution is 9.10. The van der Waals surface area contributed by atoms with Crippen LogP contribution in [0.15, 0.2) is 40.9 Å². The topological polar surface area (TPSA) is 35.2 Å². The van der Waals surface area contributed by atoms with Crippen molar-refractivity contribution in [1.82, 2.24) is 0 Å². The van der Waals surface area contributed by atoms with Gasteiger partial charge in [-0.05, 0) is 36.4 Å². The smallest absolute Gasteiger partial charge is 0.138 e. The van der Waals surface area contributed by atoms with Crippen LogP contribution in [0.5, 0.6) is 5.75 Å². The Bertz CT molecular complexity index is 575. The molecule has 0 atom stereocenters. The largest absolute Gasteiger partial charge is 0.487 e. The molecule has 0 aliphatic rings. The van der Waals surface area contributed by atoms with E-state index in [0.717, 1.165) is 10.0 Å². The van der Waals surface area contributed by atoms with E-state index in [4.69, 9.17) is 33.7 Å². The zero-order valence-electron chi connectivity index (χ0n) is 9.29. The van der Waals surface area contributed by atoms with Crippen LogP contribution in [0, 0.1) is 0 Å². The average molecular weight is 347 g/mol. The highest BCUT2D eigenvalue weighted by atomic mass is 79.9. The molecule has 0 amide bonds. The molecule has 0 aromatic heterocycles. The Morgan fingerprint density at radius 2 is 1.83 bits per heavy atom. The van der Waals surface area contributed by atoms with E-state index < -0.39 is 0 Å². The number of anilines is 1. The molecule has 0 bridgehead atoms. The van der Waals surface area contributed by atoms with Gasteiger partial charge in [-0.25, -0.2) is 0 Å². The van der Waals surface area contributed by atoms with Gasteiger partial charge in [0, 0.05) is 20.7 Å². The zero-order chi connectivity index (χ0) is 13.1. The fraction of sp³-hybridized carbons (Fsp3) is 0.0769. The summed E-state index contributed by atoms with van der Waals surface area (Å²) >= 11 is 15.4. The highest BCUT2D eigenvalue weighted by Crippen LogP contribution is 2.29. The van der Waals surface area contributed by atoms with Gasteiger partial charge < -0.3 is 10.5 Å². The SMILES string of the molecule is Nc1ccc(Cl)c(COc2ccc(Br)cc2Cl)c1. The molecule has 2 rings (SSSR count). The summed E-state index contributed by atoms with van der Waals surface area (Å²) in [5.74, 6) is 0.610. The Labute approximate surface area is 124 Å². The van der Waals surface area contributed by atoms with E-state index in [0.29, 0.717) is 28.1 Å². The summed E-state index contributed by atoms with van der Waals surface area (Å²) in [6.45, 7) is 0.325. The van der Waals surface area contributed by atoms with Crippen molar-refractivity contribution in [1.29, 1.82) is 0 Å².